The number of nitrogens with zero attached hydrogens (tertiary/aromatic N) is 2. The van der Waals surface area contributed by atoms with Gasteiger partial charge in [-0.2, -0.15) is 13.2 Å². The minimum absolute atomic E-state index is 0.0350. The summed E-state index contributed by atoms with van der Waals surface area (Å²) in [5, 5.41) is 12.1. The van der Waals surface area contributed by atoms with E-state index in [9.17, 15) is 18.3 Å². The van der Waals surface area contributed by atoms with Crippen molar-refractivity contribution in [2.24, 2.45) is 0 Å². The molecule has 0 aliphatic carbocycles. The molecule has 126 valence electrons. The molecule has 1 atom stereocenters. The molecule has 1 aliphatic rings. The van der Waals surface area contributed by atoms with Crippen LogP contribution >= 0.6 is 11.3 Å². The van der Waals surface area contributed by atoms with Crippen LogP contribution < -0.4 is 0 Å². The van der Waals surface area contributed by atoms with Crippen LogP contribution in [0.3, 0.4) is 0 Å². The molecule has 1 N–H and O–H groups in total. The van der Waals surface area contributed by atoms with Crippen molar-refractivity contribution in [2.45, 2.75) is 57.2 Å². The van der Waals surface area contributed by atoms with Gasteiger partial charge in [0.2, 0.25) is 0 Å². The van der Waals surface area contributed by atoms with E-state index >= 15 is 0 Å². The molecule has 7 heteroatoms. The van der Waals surface area contributed by atoms with Crippen LogP contribution in [-0.4, -0.2) is 40.2 Å². The zero-order valence-electron chi connectivity index (χ0n) is 13.0. The lowest BCUT2D eigenvalue weighted by Crippen LogP contribution is -2.46. The number of thiazole rings is 1. The second-order valence-corrected chi connectivity index (χ2v) is 6.96. The van der Waals surface area contributed by atoms with Crippen molar-refractivity contribution < 1.29 is 18.3 Å². The molecule has 0 spiro atoms. The van der Waals surface area contributed by atoms with Gasteiger partial charge in [-0.3, -0.25) is 4.90 Å². The molecule has 3 nitrogen and oxygen atoms in total. The molecule has 22 heavy (non-hydrogen) atoms. The Balaban J connectivity index is 2.03. The Bertz CT molecular complexity index is 485. The molecule has 1 saturated heterocycles. The summed E-state index contributed by atoms with van der Waals surface area (Å²) in [6.07, 6.45) is -1.22. The Morgan fingerprint density at radius 2 is 2.05 bits per heavy atom. The average molecular weight is 336 g/mol. The van der Waals surface area contributed by atoms with E-state index in [1.807, 2.05) is 13.8 Å². The van der Waals surface area contributed by atoms with Crippen molar-refractivity contribution in [3.8, 4) is 0 Å². The predicted octanol–water partition coefficient (Wildman–Crippen LogP) is 3.89. The van der Waals surface area contributed by atoms with Gasteiger partial charge in [0.1, 0.15) is 0 Å². The number of hydrogen-bond acceptors (Lipinski definition) is 4. The fourth-order valence-electron chi connectivity index (χ4n) is 2.90. The molecule has 0 saturated carbocycles. The van der Waals surface area contributed by atoms with Gasteiger partial charge in [0, 0.05) is 24.4 Å². The highest BCUT2D eigenvalue weighted by atomic mass is 32.1. The zero-order chi connectivity index (χ0) is 16.4. The minimum Gasteiger partial charge on any atom is -0.389 e. The number of β-amino-alcohol motifs (C(OH)–C–C–N with tert-alkyl or cyclic N) is 1. The molecular formula is C15H23F3N2OS. The molecule has 2 rings (SSSR count). The first-order chi connectivity index (χ1) is 10.3. The molecule has 1 aromatic rings. The number of hydrogen-bond donors (Lipinski definition) is 1. The maximum atomic E-state index is 12.7. The lowest BCUT2D eigenvalue weighted by Gasteiger charge is -2.37. The van der Waals surface area contributed by atoms with Gasteiger partial charge in [0.15, 0.2) is 5.69 Å². The second-order valence-electron chi connectivity index (χ2n) is 6.07. The SMILES string of the molecule is CCC(O)(CC)CN1CCCC(c2nc(C(F)(F)F)cs2)C1. The van der Waals surface area contributed by atoms with Gasteiger partial charge in [0.05, 0.1) is 10.6 Å². The average Bonchev–Trinajstić information content (AvgIpc) is 2.97. The van der Waals surface area contributed by atoms with Crippen molar-refractivity contribution in [1.29, 1.82) is 0 Å². The number of aromatic nitrogens is 1. The van der Waals surface area contributed by atoms with Crippen LogP contribution in [-0.2, 0) is 6.18 Å². The third kappa shape index (κ3) is 4.20. The van der Waals surface area contributed by atoms with E-state index in [1.54, 1.807) is 0 Å². The fraction of sp³-hybridized carbons (Fsp3) is 0.800. The summed E-state index contributed by atoms with van der Waals surface area (Å²) in [6, 6.07) is 0. The van der Waals surface area contributed by atoms with E-state index in [4.69, 9.17) is 0 Å². The Hall–Kier alpha value is -0.660. The number of alkyl halides is 3. The highest BCUT2D eigenvalue weighted by Crippen LogP contribution is 2.35. The Morgan fingerprint density at radius 3 is 2.59 bits per heavy atom. The van der Waals surface area contributed by atoms with Crippen LogP contribution in [0.5, 0.6) is 0 Å². The van der Waals surface area contributed by atoms with Gasteiger partial charge in [0.25, 0.3) is 0 Å². The summed E-state index contributed by atoms with van der Waals surface area (Å²) in [5.74, 6) is 0.0350. The number of piperidine rings is 1. The Labute approximate surface area is 133 Å². The molecule has 1 unspecified atom stereocenters. The summed E-state index contributed by atoms with van der Waals surface area (Å²) in [6.45, 7) is 6.06. The van der Waals surface area contributed by atoms with Gasteiger partial charge in [-0.25, -0.2) is 4.98 Å². The van der Waals surface area contributed by atoms with Crippen LogP contribution in [0, 0.1) is 0 Å². The van der Waals surface area contributed by atoms with Crippen molar-refractivity contribution in [3.63, 3.8) is 0 Å². The predicted molar refractivity (Wildman–Crippen MR) is 81.1 cm³/mol. The molecule has 1 aromatic heterocycles. The molecule has 0 radical (unpaired) electrons. The first kappa shape index (κ1) is 17.7. The van der Waals surface area contributed by atoms with E-state index < -0.39 is 17.5 Å². The van der Waals surface area contributed by atoms with Gasteiger partial charge in [-0.05, 0) is 32.2 Å². The molecule has 0 bridgehead atoms. The topological polar surface area (TPSA) is 36.4 Å². The van der Waals surface area contributed by atoms with Crippen LogP contribution in [0.1, 0.15) is 56.2 Å². The zero-order valence-corrected chi connectivity index (χ0v) is 13.8. The van der Waals surface area contributed by atoms with E-state index in [0.717, 1.165) is 36.1 Å². The molecule has 2 heterocycles. The van der Waals surface area contributed by atoms with Crippen LogP contribution in [0.2, 0.25) is 0 Å². The van der Waals surface area contributed by atoms with E-state index in [2.05, 4.69) is 9.88 Å². The van der Waals surface area contributed by atoms with Crippen molar-refractivity contribution >= 4 is 11.3 Å². The third-order valence-corrected chi connectivity index (χ3v) is 5.51. The Kier molecular flexibility index (Phi) is 5.50. The van der Waals surface area contributed by atoms with Crippen LogP contribution in [0.4, 0.5) is 13.2 Å². The van der Waals surface area contributed by atoms with Gasteiger partial charge in [-0.15, -0.1) is 11.3 Å². The van der Waals surface area contributed by atoms with Crippen LogP contribution in [0.25, 0.3) is 0 Å². The van der Waals surface area contributed by atoms with Gasteiger partial charge < -0.3 is 5.11 Å². The quantitative estimate of drug-likeness (QED) is 0.886. The number of likely N-dealkylation sites (tertiary alicyclic amines) is 1. The second kappa shape index (κ2) is 6.84. The third-order valence-electron chi connectivity index (χ3n) is 4.50. The maximum absolute atomic E-state index is 12.7. The first-order valence-electron chi connectivity index (χ1n) is 7.74. The van der Waals surface area contributed by atoms with E-state index in [1.165, 1.54) is 0 Å². The van der Waals surface area contributed by atoms with E-state index in [-0.39, 0.29) is 5.92 Å². The minimum atomic E-state index is -4.37. The largest absolute Gasteiger partial charge is 0.434 e. The van der Waals surface area contributed by atoms with Crippen molar-refractivity contribution in [2.75, 3.05) is 19.6 Å². The van der Waals surface area contributed by atoms with E-state index in [0.29, 0.717) is 30.9 Å². The summed E-state index contributed by atoms with van der Waals surface area (Å²) in [7, 11) is 0. The lowest BCUT2D eigenvalue weighted by atomic mass is 9.93. The van der Waals surface area contributed by atoms with Gasteiger partial charge >= 0.3 is 6.18 Å². The lowest BCUT2D eigenvalue weighted by molar-refractivity contribution is -0.140. The summed E-state index contributed by atoms with van der Waals surface area (Å²) in [5.41, 5.74) is -1.50. The number of halogens is 3. The van der Waals surface area contributed by atoms with Gasteiger partial charge in [-0.1, -0.05) is 13.8 Å². The smallest absolute Gasteiger partial charge is 0.389 e. The molecule has 1 aliphatic heterocycles. The highest BCUT2D eigenvalue weighted by Gasteiger charge is 2.35. The monoisotopic (exact) mass is 336 g/mol. The molecular weight excluding hydrogens is 313 g/mol. The van der Waals surface area contributed by atoms with Crippen molar-refractivity contribution in [1.82, 2.24) is 9.88 Å². The standard InChI is InChI=1S/C15H23F3N2OS/c1-3-14(21,4-2)10-20-7-5-6-11(8-20)13-19-12(9-22-13)15(16,17)18/h9,11,21H,3-8,10H2,1-2H3. The number of aliphatic hydroxyl groups is 1. The number of rotatable bonds is 5. The Morgan fingerprint density at radius 1 is 1.36 bits per heavy atom. The molecule has 0 aromatic carbocycles. The summed E-state index contributed by atoms with van der Waals surface area (Å²) < 4.78 is 38.0. The van der Waals surface area contributed by atoms with Crippen molar-refractivity contribution in [3.05, 3.63) is 16.1 Å². The fourth-order valence-corrected chi connectivity index (χ4v) is 3.85. The normalized spacial score (nSPS) is 21.3. The molecule has 0 amide bonds. The van der Waals surface area contributed by atoms with Crippen LogP contribution in [0.15, 0.2) is 5.38 Å². The first-order valence-corrected chi connectivity index (χ1v) is 8.62. The maximum Gasteiger partial charge on any atom is 0.434 e. The highest BCUT2D eigenvalue weighted by molar-refractivity contribution is 7.09. The summed E-state index contributed by atoms with van der Waals surface area (Å²) >= 11 is 1.09. The molecule has 1 fully saturated rings. The summed E-state index contributed by atoms with van der Waals surface area (Å²) in [4.78, 5) is 5.94.